The Morgan fingerprint density at radius 1 is 1.37 bits per heavy atom. The molecule has 0 aromatic carbocycles. The van der Waals surface area contributed by atoms with Gasteiger partial charge in [-0.15, -0.1) is 0 Å². The van der Waals surface area contributed by atoms with Crippen LogP contribution in [0.4, 0.5) is 0 Å². The second-order valence-electron chi connectivity index (χ2n) is 4.87. The first kappa shape index (κ1) is 13.5. The maximum absolute atomic E-state index is 6.34. The molecule has 2 rings (SSSR count). The highest BCUT2D eigenvalue weighted by Crippen LogP contribution is 2.29. The molecule has 0 amide bonds. The summed E-state index contributed by atoms with van der Waals surface area (Å²) in [6.07, 6.45) is 3.47. The zero-order chi connectivity index (χ0) is 14.0. The lowest BCUT2D eigenvalue weighted by Crippen LogP contribution is -2.20. The van der Waals surface area contributed by atoms with Crippen molar-refractivity contribution in [1.29, 1.82) is 0 Å². The minimum atomic E-state index is -0.347. The highest BCUT2D eigenvalue weighted by Gasteiger charge is 2.22. The lowest BCUT2D eigenvalue weighted by atomic mass is 10.1. The molecule has 0 spiro atoms. The van der Waals surface area contributed by atoms with Gasteiger partial charge in [-0.1, -0.05) is 0 Å². The lowest BCUT2D eigenvalue weighted by Gasteiger charge is -2.17. The second-order valence-corrected chi connectivity index (χ2v) is 4.87. The largest absolute Gasteiger partial charge is 0.493 e. The van der Waals surface area contributed by atoms with Gasteiger partial charge >= 0.3 is 0 Å². The monoisotopic (exact) mass is 260 g/mol. The molecular formula is C14H20N4O. The van der Waals surface area contributed by atoms with Gasteiger partial charge < -0.3 is 10.5 Å². The summed E-state index contributed by atoms with van der Waals surface area (Å²) in [5.74, 6) is 0.699. The van der Waals surface area contributed by atoms with Gasteiger partial charge in [0.05, 0.1) is 25.0 Å². The number of hydrogen-bond acceptors (Lipinski definition) is 4. The van der Waals surface area contributed by atoms with Crippen LogP contribution in [-0.4, -0.2) is 21.9 Å². The second kappa shape index (κ2) is 5.40. The Hall–Kier alpha value is -1.88. The number of aromatic nitrogens is 3. The van der Waals surface area contributed by atoms with Crippen LogP contribution in [0.1, 0.15) is 42.9 Å². The molecule has 0 aliphatic rings. The van der Waals surface area contributed by atoms with Crippen LogP contribution in [0.15, 0.2) is 24.5 Å². The number of pyridine rings is 1. The Labute approximate surface area is 113 Å². The molecule has 5 heteroatoms. The molecule has 5 nitrogen and oxygen atoms in total. The van der Waals surface area contributed by atoms with E-state index in [1.54, 1.807) is 19.5 Å². The maximum Gasteiger partial charge on any atom is 0.161 e. The van der Waals surface area contributed by atoms with Gasteiger partial charge in [-0.05, 0) is 38.5 Å². The summed E-state index contributed by atoms with van der Waals surface area (Å²) in [7, 11) is 1.63. The number of ether oxygens (including phenoxy) is 1. The summed E-state index contributed by atoms with van der Waals surface area (Å²) >= 11 is 0. The van der Waals surface area contributed by atoms with Crippen molar-refractivity contribution in [2.24, 2.45) is 5.73 Å². The van der Waals surface area contributed by atoms with Gasteiger partial charge in [0.2, 0.25) is 0 Å². The smallest absolute Gasteiger partial charge is 0.161 e. The van der Waals surface area contributed by atoms with Crippen molar-refractivity contribution < 1.29 is 4.74 Å². The summed E-state index contributed by atoms with van der Waals surface area (Å²) in [6, 6.07) is 3.81. The van der Waals surface area contributed by atoms with Crippen LogP contribution in [0.2, 0.25) is 0 Å². The molecule has 2 aromatic rings. The van der Waals surface area contributed by atoms with E-state index in [0.29, 0.717) is 5.75 Å². The molecule has 0 saturated heterocycles. The van der Waals surface area contributed by atoms with Crippen LogP contribution in [0.3, 0.4) is 0 Å². The van der Waals surface area contributed by atoms with Gasteiger partial charge in [-0.3, -0.25) is 9.67 Å². The number of methoxy groups -OCH3 is 1. The standard InChI is InChI=1S/C14H20N4O/c1-9(2)18-14(12(19-4)8-17-18)13(15)11-7-10(3)5-6-16-11/h5-9,13H,15H2,1-4H3. The average Bonchev–Trinajstić information content (AvgIpc) is 2.81. The third kappa shape index (κ3) is 2.61. The van der Waals surface area contributed by atoms with Gasteiger partial charge in [0.15, 0.2) is 5.75 Å². The molecular weight excluding hydrogens is 240 g/mol. The predicted molar refractivity (Wildman–Crippen MR) is 74.2 cm³/mol. The first-order valence-corrected chi connectivity index (χ1v) is 6.34. The van der Waals surface area contributed by atoms with Crippen LogP contribution in [0, 0.1) is 6.92 Å². The molecule has 19 heavy (non-hydrogen) atoms. The highest BCUT2D eigenvalue weighted by molar-refractivity contribution is 5.34. The van der Waals surface area contributed by atoms with E-state index < -0.39 is 0 Å². The van der Waals surface area contributed by atoms with Crippen LogP contribution in [-0.2, 0) is 0 Å². The Bertz CT molecular complexity index is 562. The average molecular weight is 260 g/mol. The fraction of sp³-hybridized carbons (Fsp3) is 0.429. The van der Waals surface area contributed by atoms with Crippen molar-refractivity contribution in [3.05, 3.63) is 41.5 Å². The number of hydrogen-bond donors (Lipinski definition) is 1. The lowest BCUT2D eigenvalue weighted by molar-refractivity contribution is 0.400. The minimum absolute atomic E-state index is 0.217. The topological polar surface area (TPSA) is 66.0 Å². The van der Waals surface area contributed by atoms with E-state index in [1.165, 1.54) is 0 Å². The molecule has 1 unspecified atom stereocenters. The van der Waals surface area contributed by atoms with Gasteiger partial charge in [-0.25, -0.2) is 0 Å². The molecule has 2 aromatic heterocycles. The minimum Gasteiger partial charge on any atom is -0.493 e. The van der Waals surface area contributed by atoms with Crippen LogP contribution >= 0.6 is 0 Å². The van der Waals surface area contributed by atoms with Crippen LogP contribution in [0.5, 0.6) is 5.75 Å². The summed E-state index contributed by atoms with van der Waals surface area (Å²) in [5, 5.41) is 4.34. The van der Waals surface area contributed by atoms with E-state index >= 15 is 0 Å². The van der Waals surface area contributed by atoms with Gasteiger partial charge in [0.25, 0.3) is 0 Å². The first-order chi connectivity index (χ1) is 9.04. The van der Waals surface area contributed by atoms with Gasteiger partial charge in [0, 0.05) is 12.2 Å². The molecule has 0 aliphatic carbocycles. The fourth-order valence-electron chi connectivity index (χ4n) is 2.09. The predicted octanol–water partition coefficient (Wildman–Crippen LogP) is 2.22. The summed E-state index contributed by atoms with van der Waals surface area (Å²) in [4.78, 5) is 4.35. The van der Waals surface area contributed by atoms with Crippen molar-refractivity contribution >= 4 is 0 Å². The van der Waals surface area contributed by atoms with Crippen molar-refractivity contribution in [3.63, 3.8) is 0 Å². The molecule has 0 bridgehead atoms. The van der Waals surface area contributed by atoms with Crippen LogP contribution in [0.25, 0.3) is 0 Å². The Morgan fingerprint density at radius 3 is 2.68 bits per heavy atom. The van der Waals surface area contributed by atoms with E-state index in [1.807, 2.05) is 23.7 Å². The molecule has 2 N–H and O–H groups in total. The Balaban J connectivity index is 2.48. The van der Waals surface area contributed by atoms with E-state index in [9.17, 15) is 0 Å². The SMILES string of the molecule is COc1cnn(C(C)C)c1C(N)c1cc(C)ccn1. The van der Waals surface area contributed by atoms with Crippen molar-refractivity contribution in [1.82, 2.24) is 14.8 Å². The number of nitrogens with two attached hydrogens (primary N) is 1. The number of rotatable bonds is 4. The van der Waals surface area contributed by atoms with E-state index in [2.05, 4.69) is 23.9 Å². The fourth-order valence-corrected chi connectivity index (χ4v) is 2.09. The quantitative estimate of drug-likeness (QED) is 0.915. The molecule has 102 valence electrons. The Morgan fingerprint density at radius 2 is 2.11 bits per heavy atom. The molecule has 0 radical (unpaired) electrons. The van der Waals surface area contributed by atoms with Crippen molar-refractivity contribution in [3.8, 4) is 5.75 Å². The molecule has 0 saturated carbocycles. The molecule has 0 fully saturated rings. The molecule has 0 aliphatic heterocycles. The van der Waals surface area contributed by atoms with Crippen LogP contribution < -0.4 is 10.5 Å². The number of nitrogens with zero attached hydrogens (tertiary/aromatic N) is 3. The third-order valence-corrected chi connectivity index (χ3v) is 3.06. The summed E-state index contributed by atoms with van der Waals surface area (Å²) in [5.41, 5.74) is 9.15. The summed E-state index contributed by atoms with van der Waals surface area (Å²) < 4.78 is 7.24. The molecule has 2 heterocycles. The molecule has 1 atom stereocenters. The first-order valence-electron chi connectivity index (χ1n) is 6.34. The number of aryl methyl sites for hydroxylation is 1. The maximum atomic E-state index is 6.34. The third-order valence-electron chi connectivity index (χ3n) is 3.06. The zero-order valence-corrected chi connectivity index (χ0v) is 11.8. The highest BCUT2D eigenvalue weighted by atomic mass is 16.5. The normalized spacial score (nSPS) is 12.7. The van der Waals surface area contributed by atoms with E-state index in [4.69, 9.17) is 10.5 Å². The van der Waals surface area contributed by atoms with E-state index in [-0.39, 0.29) is 12.1 Å². The zero-order valence-electron chi connectivity index (χ0n) is 11.8. The van der Waals surface area contributed by atoms with Crippen molar-refractivity contribution in [2.75, 3.05) is 7.11 Å². The summed E-state index contributed by atoms with van der Waals surface area (Å²) in [6.45, 7) is 6.15. The van der Waals surface area contributed by atoms with Gasteiger partial charge in [0.1, 0.15) is 5.69 Å². The van der Waals surface area contributed by atoms with Crippen molar-refractivity contribution in [2.45, 2.75) is 32.9 Å². The van der Waals surface area contributed by atoms with Gasteiger partial charge in [-0.2, -0.15) is 5.10 Å². The Kier molecular flexibility index (Phi) is 3.85. The van der Waals surface area contributed by atoms with E-state index in [0.717, 1.165) is 17.0 Å².